The van der Waals surface area contributed by atoms with E-state index in [1.54, 1.807) is 24.3 Å². The van der Waals surface area contributed by atoms with Gasteiger partial charge in [0.2, 0.25) is 5.88 Å². The lowest BCUT2D eigenvalue weighted by molar-refractivity contribution is 0.0950. The van der Waals surface area contributed by atoms with Crippen LogP contribution in [0.5, 0.6) is 11.6 Å². The molecule has 4 aromatic rings. The molecule has 8 nitrogen and oxygen atoms in total. The van der Waals surface area contributed by atoms with Crippen molar-refractivity contribution in [1.82, 2.24) is 20.3 Å². The fourth-order valence-electron chi connectivity index (χ4n) is 3.19. The van der Waals surface area contributed by atoms with E-state index >= 15 is 0 Å². The van der Waals surface area contributed by atoms with Gasteiger partial charge in [0.15, 0.2) is 0 Å². The van der Waals surface area contributed by atoms with Crippen LogP contribution >= 0.6 is 0 Å². The van der Waals surface area contributed by atoms with Crippen LogP contribution in [0.25, 0.3) is 10.9 Å². The van der Waals surface area contributed by atoms with Crippen LogP contribution in [0.2, 0.25) is 0 Å². The van der Waals surface area contributed by atoms with E-state index in [-0.39, 0.29) is 24.0 Å². The molecule has 2 heterocycles. The van der Waals surface area contributed by atoms with E-state index in [1.165, 1.54) is 0 Å². The Labute approximate surface area is 171 Å². The number of benzene rings is 2. The minimum Gasteiger partial charge on any atom is -0.493 e. The molecule has 0 spiro atoms. The van der Waals surface area contributed by atoms with Crippen molar-refractivity contribution in [3.8, 4) is 11.6 Å². The van der Waals surface area contributed by atoms with Gasteiger partial charge in [-0.05, 0) is 43.3 Å². The highest BCUT2D eigenvalue weighted by Crippen LogP contribution is 2.21. The fourth-order valence-corrected chi connectivity index (χ4v) is 3.19. The zero-order valence-corrected chi connectivity index (χ0v) is 16.2. The van der Waals surface area contributed by atoms with Crippen molar-refractivity contribution in [3.05, 3.63) is 87.6 Å². The highest BCUT2D eigenvalue weighted by atomic mass is 16.5. The molecule has 0 aliphatic rings. The summed E-state index contributed by atoms with van der Waals surface area (Å²) in [4.78, 5) is 32.5. The predicted molar refractivity (Wildman–Crippen MR) is 112 cm³/mol. The summed E-state index contributed by atoms with van der Waals surface area (Å²) in [5.41, 5.74) is 3.01. The number of rotatable bonds is 6. The quantitative estimate of drug-likeness (QED) is 0.394. The van der Waals surface area contributed by atoms with Crippen molar-refractivity contribution in [3.63, 3.8) is 0 Å². The molecule has 1 amide bonds. The maximum Gasteiger partial charge on any atom is 0.326 e. The third-order valence-electron chi connectivity index (χ3n) is 4.65. The number of amides is 1. The number of aryl methyl sites for hydroxylation is 1. The largest absolute Gasteiger partial charge is 0.493 e. The summed E-state index contributed by atoms with van der Waals surface area (Å²) in [6.45, 7) is 2.33. The SMILES string of the molecule is Cc1cc(COc2ccc(C(=O)NCc3[nH]c(=O)[nH]c3O)cc2)c2ccccc2n1. The number of ether oxygens (including phenoxy) is 1. The van der Waals surface area contributed by atoms with Crippen LogP contribution in [-0.4, -0.2) is 26.0 Å². The van der Waals surface area contributed by atoms with E-state index in [9.17, 15) is 14.7 Å². The molecule has 0 radical (unpaired) electrons. The molecule has 0 bridgehead atoms. The minimum absolute atomic E-state index is 0.00384. The number of hydrogen-bond acceptors (Lipinski definition) is 5. The number of aromatic hydroxyl groups is 1. The Morgan fingerprint density at radius 1 is 1.13 bits per heavy atom. The summed E-state index contributed by atoms with van der Waals surface area (Å²) in [6.07, 6.45) is 0. The minimum atomic E-state index is -0.532. The first-order valence-electron chi connectivity index (χ1n) is 9.36. The monoisotopic (exact) mass is 404 g/mol. The summed E-state index contributed by atoms with van der Waals surface area (Å²) in [7, 11) is 0. The Morgan fingerprint density at radius 2 is 1.90 bits per heavy atom. The first kappa shape index (κ1) is 19.3. The number of imidazole rings is 1. The number of aromatic amines is 2. The summed E-state index contributed by atoms with van der Waals surface area (Å²) in [5.74, 6) is 0.0133. The Hall–Kier alpha value is -4.07. The Balaban J connectivity index is 1.40. The number of aromatic nitrogens is 3. The maximum absolute atomic E-state index is 12.3. The summed E-state index contributed by atoms with van der Waals surface area (Å²) >= 11 is 0. The molecule has 0 saturated carbocycles. The van der Waals surface area contributed by atoms with E-state index in [2.05, 4.69) is 20.3 Å². The van der Waals surface area contributed by atoms with E-state index in [0.717, 1.165) is 22.2 Å². The molecule has 0 aliphatic carbocycles. The van der Waals surface area contributed by atoms with Crippen molar-refractivity contribution in [2.75, 3.05) is 0 Å². The van der Waals surface area contributed by atoms with Gasteiger partial charge in [0, 0.05) is 22.2 Å². The lowest BCUT2D eigenvalue weighted by Gasteiger charge is -2.10. The molecule has 2 aromatic carbocycles. The molecule has 0 atom stereocenters. The first-order valence-corrected chi connectivity index (χ1v) is 9.36. The van der Waals surface area contributed by atoms with Gasteiger partial charge < -0.3 is 20.1 Å². The smallest absolute Gasteiger partial charge is 0.326 e. The van der Waals surface area contributed by atoms with Gasteiger partial charge in [-0.3, -0.25) is 14.8 Å². The van der Waals surface area contributed by atoms with Crippen LogP contribution in [0.1, 0.15) is 27.3 Å². The highest BCUT2D eigenvalue weighted by molar-refractivity contribution is 5.94. The number of carbonyl (C=O) groups is 1. The van der Waals surface area contributed by atoms with E-state index < -0.39 is 5.69 Å². The van der Waals surface area contributed by atoms with Gasteiger partial charge in [-0.2, -0.15) is 0 Å². The highest BCUT2D eigenvalue weighted by Gasteiger charge is 2.10. The number of nitrogens with zero attached hydrogens (tertiary/aromatic N) is 1. The third kappa shape index (κ3) is 4.17. The Bertz CT molecular complexity index is 1260. The number of carbonyl (C=O) groups excluding carboxylic acids is 1. The standard InChI is InChI=1S/C22H20N4O4/c1-13-10-15(17-4-2-3-5-18(17)24-13)12-30-16-8-6-14(7-9-16)20(27)23-11-19-21(28)26-22(29)25-19/h2-10,28H,11-12H2,1H3,(H,23,27)(H2,25,26,29). The van der Waals surface area contributed by atoms with Crippen LogP contribution in [0, 0.1) is 6.92 Å². The van der Waals surface area contributed by atoms with Crippen LogP contribution in [-0.2, 0) is 13.2 Å². The summed E-state index contributed by atoms with van der Waals surface area (Å²) < 4.78 is 5.90. The number of pyridine rings is 1. The molecule has 0 aliphatic heterocycles. The summed E-state index contributed by atoms with van der Waals surface area (Å²) in [5, 5.41) is 13.2. The van der Waals surface area contributed by atoms with Gasteiger partial charge in [-0.25, -0.2) is 4.79 Å². The topological polar surface area (TPSA) is 120 Å². The lowest BCUT2D eigenvalue weighted by atomic mass is 10.1. The number of hydrogen-bond donors (Lipinski definition) is 4. The second-order valence-corrected chi connectivity index (χ2v) is 6.84. The van der Waals surface area contributed by atoms with Crippen LogP contribution in [0.15, 0.2) is 59.4 Å². The molecule has 4 N–H and O–H groups in total. The van der Waals surface area contributed by atoms with Crippen LogP contribution in [0.3, 0.4) is 0 Å². The average Bonchev–Trinajstić information content (AvgIpc) is 3.07. The van der Waals surface area contributed by atoms with E-state index in [0.29, 0.717) is 17.9 Å². The van der Waals surface area contributed by atoms with Gasteiger partial charge in [0.1, 0.15) is 12.4 Å². The van der Waals surface area contributed by atoms with Crippen LogP contribution in [0.4, 0.5) is 0 Å². The second kappa shape index (κ2) is 8.12. The molecule has 2 aromatic heterocycles. The van der Waals surface area contributed by atoms with E-state index in [4.69, 9.17) is 4.74 Å². The third-order valence-corrected chi connectivity index (χ3v) is 4.65. The van der Waals surface area contributed by atoms with Crippen molar-refractivity contribution in [2.45, 2.75) is 20.1 Å². The molecule has 0 unspecified atom stereocenters. The van der Waals surface area contributed by atoms with Gasteiger partial charge in [0.05, 0.1) is 17.8 Å². The molecular weight excluding hydrogens is 384 g/mol. The number of H-pyrrole nitrogens is 2. The summed E-state index contributed by atoms with van der Waals surface area (Å²) in [6, 6.07) is 16.7. The molecule has 0 fully saturated rings. The van der Waals surface area contributed by atoms with Crippen molar-refractivity contribution in [1.29, 1.82) is 0 Å². The maximum atomic E-state index is 12.3. The molecule has 8 heteroatoms. The average molecular weight is 404 g/mol. The molecule has 0 saturated heterocycles. The van der Waals surface area contributed by atoms with Crippen molar-refractivity contribution in [2.24, 2.45) is 0 Å². The van der Waals surface area contributed by atoms with Gasteiger partial charge >= 0.3 is 5.69 Å². The first-order chi connectivity index (χ1) is 14.5. The van der Waals surface area contributed by atoms with Crippen LogP contribution < -0.4 is 15.7 Å². The zero-order chi connectivity index (χ0) is 21.1. The molecule has 152 valence electrons. The number of para-hydroxylation sites is 1. The molecule has 4 rings (SSSR count). The Morgan fingerprint density at radius 3 is 2.63 bits per heavy atom. The number of fused-ring (bicyclic) bond motifs is 1. The lowest BCUT2D eigenvalue weighted by Crippen LogP contribution is -2.23. The fraction of sp³-hybridized carbons (Fsp3) is 0.136. The molecular formula is C22H20N4O4. The van der Waals surface area contributed by atoms with E-state index in [1.807, 2.05) is 37.3 Å². The zero-order valence-electron chi connectivity index (χ0n) is 16.2. The predicted octanol–water partition coefficient (Wildman–Crippen LogP) is 2.77. The Kier molecular flexibility index (Phi) is 5.21. The van der Waals surface area contributed by atoms with Gasteiger partial charge in [0.25, 0.3) is 5.91 Å². The van der Waals surface area contributed by atoms with Gasteiger partial charge in [-0.1, -0.05) is 18.2 Å². The molecule has 30 heavy (non-hydrogen) atoms. The van der Waals surface area contributed by atoms with Crippen molar-refractivity contribution >= 4 is 16.8 Å². The number of nitrogens with one attached hydrogen (secondary N) is 3. The van der Waals surface area contributed by atoms with Crippen molar-refractivity contribution < 1.29 is 14.6 Å². The normalized spacial score (nSPS) is 10.8. The second-order valence-electron chi connectivity index (χ2n) is 6.84. The van der Waals surface area contributed by atoms with Gasteiger partial charge in [-0.15, -0.1) is 0 Å².